The molecule has 0 aromatic heterocycles. The number of benzene rings is 1. The van der Waals surface area contributed by atoms with Crippen LogP contribution in [0.4, 0.5) is 4.79 Å². The van der Waals surface area contributed by atoms with Crippen LogP contribution >= 0.6 is 12.6 Å². The van der Waals surface area contributed by atoms with E-state index in [1.54, 1.807) is 0 Å². The lowest BCUT2D eigenvalue weighted by molar-refractivity contribution is 0.00578. The average molecular weight is 405 g/mol. The molecular weight excluding hydrogens is 373 g/mol. The van der Waals surface area contributed by atoms with Gasteiger partial charge in [-0.2, -0.15) is 12.6 Å². The zero-order chi connectivity index (χ0) is 21.2. The molecule has 1 amide bonds. The molecule has 1 heterocycles. The van der Waals surface area contributed by atoms with Crippen molar-refractivity contribution < 1.29 is 18.8 Å². The predicted molar refractivity (Wildman–Crippen MR) is 117 cm³/mol. The third-order valence-corrected chi connectivity index (χ3v) is 5.24. The summed E-state index contributed by atoms with van der Waals surface area (Å²) >= 11 is 4.34. The first kappa shape index (κ1) is 22.8. The van der Waals surface area contributed by atoms with Gasteiger partial charge >= 0.3 is 13.2 Å². The van der Waals surface area contributed by atoms with Crippen molar-refractivity contribution in [3.05, 3.63) is 40.9 Å². The van der Waals surface area contributed by atoms with Gasteiger partial charge in [0, 0.05) is 12.3 Å². The zero-order valence-electron chi connectivity index (χ0n) is 18.0. The van der Waals surface area contributed by atoms with Gasteiger partial charge in [-0.3, -0.25) is 0 Å². The van der Waals surface area contributed by atoms with E-state index in [0.29, 0.717) is 5.75 Å². The fourth-order valence-electron chi connectivity index (χ4n) is 2.68. The van der Waals surface area contributed by atoms with E-state index in [2.05, 4.69) is 24.0 Å². The van der Waals surface area contributed by atoms with E-state index in [9.17, 15) is 4.79 Å². The van der Waals surface area contributed by atoms with Crippen LogP contribution in [0.1, 0.15) is 59.6 Å². The maximum Gasteiger partial charge on any atom is 0.492 e. The second-order valence-electron chi connectivity index (χ2n) is 9.07. The molecule has 0 bridgehead atoms. The number of hydrogen-bond acceptors (Lipinski definition) is 5. The van der Waals surface area contributed by atoms with Crippen LogP contribution in [0.3, 0.4) is 0 Å². The molecule has 0 unspecified atom stereocenters. The van der Waals surface area contributed by atoms with Crippen LogP contribution in [0, 0.1) is 0 Å². The third-order valence-electron chi connectivity index (χ3n) is 4.88. The van der Waals surface area contributed by atoms with E-state index in [1.807, 2.05) is 72.7 Å². The van der Waals surface area contributed by atoms with Gasteiger partial charge < -0.3 is 19.4 Å². The molecule has 1 aromatic carbocycles. The molecule has 2 rings (SSSR count). The van der Waals surface area contributed by atoms with Crippen LogP contribution in [0.5, 0.6) is 0 Å². The van der Waals surface area contributed by atoms with Gasteiger partial charge in [-0.1, -0.05) is 30.3 Å². The number of thiol groups is 1. The van der Waals surface area contributed by atoms with Crippen LogP contribution in [-0.4, -0.2) is 36.6 Å². The first-order valence-corrected chi connectivity index (χ1v) is 10.2. The highest BCUT2D eigenvalue weighted by atomic mass is 32.1. The minimum atomic E-state index is -0.556. The molecule has 0 saturated carbocycles. The highest BCUT2D eigenvalue weighted by Gasteiger charge is 2.52. The summed E-state index contributed by atoms with van der Waals surface area (Å²) in [4.78, 5) is 12.1. The number of nitrogens with one attached hydrogen (secondary N) is 1. The summed E-state index contributed by atoms with van der Waals surface area (Å²) in [6.45, 7) is 13.8. The lowest BCUT2D eigenvalue weighted by Crippen LogP contribution is -2.41. The van der Waals surface area contributed by atoms with E-state index < -0.39 is 30.0 Å². The fraction of sp³-hybridized carbons (Fsp3) is 0.571. The number of alkyl carbamates (subject to hydrolysis) is 1. The van der Waals surface area contributed by atoms with E-state index >= 15 is 0 Å². The number of carbonyl (C=O) groups is 1. The molecule has 1 N–H and O–H groups in total. The molecule has 0 spiro atoms. The summed E-state index contributed by atoms with van der Waals surface area (Å²) < 4.78 is 17.7. The summed E-state index contributed by atoms with van der Waals surface area (Å²) in [6.07, 6.45) is 1.52. The Labute approximate surface area is 174 Å². The molecule has 1 fully saturated rings. The molecule has 7 heteroatoms. The lowest BCUT2D eigenvalue weighted by Gasteiger charge is -2.32. The molecule has 0 aliphatic carbocycles. The fourth-order valence-corrected chi connectivity index (χ4v) is 2.88. The molecular formula is C21H32BNO4S. The van der Waals surface area contributed by atoms with E-state index in [0.717, 1.165) is 16.6 Å². The highest BCUT2D eigenvalue weighted by Crippen LogP contribution is 2.38. The Morgan fingerprint density at radius 1 is 1.21 bits per heavy atom. The smallest absolute Gasteiger partial charge is 0.444 e. The van der Waals surface area contributed by atoms with Gasteiger partial charge in [0.2, 0.25) is 0 Å². The van der Waals surface area contributed by atoms with Crippen molar-refractivity contribution in [1.82, 2.24) is 5.32 Å². The zero-order valence-corrected chi connectivity index (χ0v) is 18.9. The van der Waals surface area contributed by atoms with E-state index in [-0.39, 0.29) is 6.54 Å². The average Bonchev–Trinajstić information content (AvgIpc) is 2.77. The number of rotatable bonds is 5. The Balaban J connectivity index is 2.26. The summed E-state index contributed by atoms with van der Waals surface area (Å²) in [5, 5.41) is 2.82. The van der Waals surface area contributed by atoms with Crippen molar-refractivity contribution in [2.75, 3.05) is 6.54 Å². The topological polar surface area (TPSA) is 56.8 Å². The molecule has 1 saturated heterocycles. The van der Waals surface area contributed by atoms with Crippen molar-refractivity contribution in [2.45, 2.75) is 71.0 Å². The summed E-state index contributed by atoms with van der Waals surface area (Å²) in [7, 11) is -0.556. The van der Waals surface area contributed by atoms with Crippen molar-refractivity contribution >= 4 is 31.9 Å². The van der Waals surface area contributed by atoms with Crippen molar-refractivity contribution in [2.24, 2.45) is 0 Å². The Morgan fingerprint density at radius 2 is 1.82 bits per heavy atom. The second kappa shape index (κ2) is 8.51. The predicted octanol–water partition coefficient (Wildman–Crippen LogP) is 4.66. The number of hydrogen-bond donors (Lipinski definition) is 2. The van der Waals surface area contributed by atoms with Gasteiger partial charge in [-0.05, 0) is 65.1 Å². The summed E-state index contributed by atoms with van der Waals surface area (Å²) in [5.74, 6) is 0.656. The van der Waals surface area contributed by atoms with Gasteiger partial charge in [0.05, 0.1) is 11.2 Å². The first-order chi connectivity index (χ1) is 12.8. The normalized spacial score (nSPS) is 18.9. The minimum Gasteiger partial charge on any atom is -0.444 e. The minimum absolute atomic E-state index is 0.261. The number of carbonyl (C=O) groups excluding carboxylic acids is 1. The van der Waals surface area contributed by atoms with Crippen LogP contribution in [-0.2, 0) is 19.8 Å². The van der Waals surface area contributed by atoms with Gasteiger partial charge in [-0.15, -0.1) is 0 Å². The molecule has 0 radical (unpaired) electrons. The van der Waals surface area contributed by atoms with Crippen LogP contribution in [0.25, 0.3) is 6.08 Å². The standard InChI is InChI=1S/C21H32BNO4S/c1-19(2,3)25-18(24)23-13-17(12-15-9-8-10-16(11-15)14-28)22-26-20(4,5)21(6,7)27-22/h8-12,28H,13-14H2,1-7H3,(H,23,24). The van der Waals surface area contributed by atoms with Crippen molar-refractivity contribution in [3.63, 3.8) is 0 Å². The Kier molecular flexibility index (Phi) is 6.95. The van der Waals surface area contributed by atoms with Crippen LogP contribution < -0.4 is 5.32 Å². The molecule has 1 aromatic rings. The lowest BCUT2D eigenvalue weighted by atomic mass is 9.77. The Bertz CT molecular complexity index is 724. The number of amides is 1. The van der Waals surface area contributed by atoms with Gasteiger partial charge in [0.1, 0.15) is 5.60 Å². The molecule has 1 aliphatic rings. The van der Waals surface area contributed by atoms with Crippen LogP contribution in [0.2, 0.25) is 0 Å². The largest absolute Gasteiger partial charge is 0.492 e. The first-order valence-electron chi connectivity index (χ1n) is 9.56. The summed E-state index contributed by atoms with van der Waals surface area (Å²) in [6, 6.07) is 8.08. The van der Waals surface area contributed by atoms with Gasteiger partial charge in [0.25, 0.3) is 0 Å². The van der Waals surface area contributed by atoms with Crippen molar-refractivity contribution in [1.29, 1.82) is 0 Å². The van der Waals surface area contributed by atoms with Crippen molar-refractivity contribution in [3.8, 4) is 0 Å². The maximum absolute atomic E-state index is 12.1. The van der Waals surface area contributed by atoms with Gasteiger partial charge in [-0.25, -0.2) is 4.79 Å². The Morgan fingerprint density at radius 3 is 2.36 bits per heavy atom. The third kappa shape index (κ3) is 6.03. The van der Waals surface area contributed by atoms with Gasteiger partial charge in [0.15, 0.2) is 0 Å². The molecule has 0 atom stereocenters. The molecule has 154 valence electrons. The molecule has 28 heavy (non-hydrogen) atoms. The second-order valence-corrected chi connectivity index (χ2v) is 9.38. The maximum atomic E-state index is 12.1. The van der Waals surface area contributed by atoms with E-state index in [1.165, 1.54) is 0 Å². The SMILES string of the molecule is CC(C)(C)OC(=O)NCC(=Cc1cccc(CS)c1)B1OC(C)(C)C(C)(C)O1. The van der Waals surface area contributed by atoms with Crippen LogP contribution in [0.15, 0.2) is 29.7 Å². The quantitative estimate of drug-likeness (QED) is 0.553. The summed E-state index contributed by atoms with van der Waals surface area (Å²) in [5.41, 5.74) is 1.46. The highest BCUT2D eigenvalue weighted by molar-refractivity contribution is 7.79. The Hall–Kier alpha value is -1.44. The molecule has 1 aliphatic heterocycles. The molecule has 5 nitrogen and oxygen atoms in total. The van der Waals surface area contributed by atoms with E-state index in [4.69, 9.17) is 14.0 Å². The monoisotopic (exact) mass is 405 g/mol. The number of ether oxygens (including phenoxy) is 1.